The van der Waals surface area contributed by atoms with Gasteiger partial charge in [-0.3, -0.25) is 4.57 Å². The lowest BCUT2D eigenvalue weighted by Gasteiger charge is -2.18. The van der Waals surface area contributed by atoms with Crippen molar-refractivity contribution < 1.29 is 28.9 Å². The molecular weight excluding hydrogens is 462 g/mol. The Hall–Kier alpha value is -2.24. The lowest BCUT2D eigenvalue weighted by atomic mass is 10.2. The quantitative estimate of drug-likeness (QED) is 0.139. The second-order valence-corrected chi connectivity index (χ2v) is 16.5. The predicted octanol–water partition coefficient (Wildman–Crippen LogP) is 5.41. The van der Waals surface area contributed by atoms with Crippen LogP contribution in [0.2, 0.25) is 25.7 Å². The zero-order chi connectivity index (χ0) is 24.6. The van der Waals surface area contributed by atoms with Gasteiger partial charge in [-0.2, -0.15) is 0 Å². The molecule has 11 heteroatoms. The summed E-state index contributed by atoms with van der Waals surface area (Å²) in [5, 5.41) is 11.8. The highest BCUT2D eigenvalue weighted by Gasteiger charge is 2.19. The van der Waals surface area contributed by atoms with Gasteiger partial charge in [0.1, 0.15) is 18.1 Å². The van der Waals surface area contributed by atoms with Crippen LogP contribution < -0.4 is 10.1 Å². The van der Waals surface area contributed by atoms with E-state index in [1.807, 2.05) is 10.6 Å². The van der Waals surface area contributed by atoms with Crippen molar-refractivity contribution in [2.45, 2.75) is 70.4 Å². The highest BCUT2D eigenvalue weighted by molar-refractivity contribution is 7.99. The van der Waals surface area contributed by atoms with Gasteiger partial charge in [0.15, 0.2) is 5.16 Å². The highest BCUT2D eigenvalue weighted by Crippen LogP contribution is 2.28. The molecule has 33 heavy (non-hydrogen) atoms. The summed E-state index contributed by atoms with van der Waals surface area (Å²) in [5.74, 6) is 1.04. The van der Waals surface area contributed by atoms with E-state index in [1.165, 1.54) is 11.8 Å². The number of hydrogen-bond donors (Lipinski definition) is 2. The number of carbonyl (C=O) groups is 2. The molecule has 184 valence electrons. The lowest BCUT2D eigenvalue weighted by Crippen LogP contribution is -2.25. The van der Waals surface area contributed by atoms with Gasteiger partial charge in [0.2, 0.25) is 0 Å². The molecule has 1 aromatic carbocycles. The predicted molar refractivity (Wildman–Crippen MR) is 132 cm³/mol. The number of fused-ring (bicyclic) bond motifs is 1. The first-order chi connectivity index (χ1) is 15.3. The van der Waals surface area contributed by atoms with E-state index in [-0.39, 0.29) is 0 Å². The second kappa shape index (κ2) is 11.8. The zero-order valence-electron chi connectivity index (χ0n) is 20.3. The molecule has 0 atom stereocenters. The van der Waals surface area contributed by atoms with Crippen LogP contribution in [0.5, 0.6) is 5.75 Å². The maximum Gasteiger partial charge on any atom is 0.514 e. The molecule has 2 N–H and O–H groups in total. The number of rotatable bonds is 11. The molecule has 0 radical (unpaired) electrons. The third kappa shape index (κ3) is 10.1. The minimum Gasteiger partial charge on any atom is -0.465 e. The Morgan fingerprint density at radius 1 is 1.24 bits per heavy atom. The van der Waals surface area contributed by atoms with Crippen molar-refractivity contribution in [3.63, 3.8) is 0 Å². The molecule has 0 saturated carbocycles. The summed E-state index contributed by atoms with van der Waals surface area (Å²) in [5.41, 5.74) is 0.900. The smallest absolute Gasteiger partial charge is 0.465 e. The number of carboxylic acid groups (broad SMARTS) is 1. The van der Waals surface area contributed by atoms with Crippen molar-refractivity contribution in [2.75, 3.05) is 18.9 Å². The van der Waals surface area contributed by atoms with Crippen molar-refractivity contribution in [1.29, 1.82) is 0 Å². The number of nitrogens with zero attached hydrogens (tertiary/aromatic N) is 2. The highest BCUT2D eigenvalue weighted by atomic mass is 32.2. The molecule has 2 aromatic rings. The number of hydrogen-bond acceptors (Lipinski definition) is 7. The summed E-state index contributed by atoms with van der Waals surface area (Å²) in [6.07, 6.45) is -1.12. The number of amides is 1. The lowest BCUT2D eigenvalue weighted by molar-refractivity contribution is 0.0206. The molecule has 1 heterocycles. The number of ether oxygens (including phenoxy) is 3. The monoisotopic (exact) mass is 497 g/mol. The van der Waals surface area contributed by atoms with Crippen LogP contribution >= 0.6 is 11.8 Å². The molecule has 0 saturated heterocycles. The second-order valence-electron chi connectivity index (χ2n) is 9.82. The van der Waals surface area contributed by atoms with E-state index < -0.39 is 25.9 Å². The van der Waals surface area contributed by atoms with Crippen molar-refractivity contribution in [2.24, 2.45) is 0 Å². The van der Waals surface area contributed by atoms with E-state index in [1.54, 1.807) is 32.9 Å². The Morgan fingerprint density at radius 3 is 2.61 bits per heavy atom. The Balaban J connectivity index is 2.14. The molecule has 9 nitrogen and oxygen atoms in total. The Labute approximate surface area is 200 Å². The average Bonchev–Trinajstić information content (AvgIpc) is 2.99. The van der Waals surface area contributed by atoms with Gasteiger partial charge in [0.25, 0.3) is 0 Å². The minimum absolute atomic E-state index is 0.350. The molecule has 2 rings (SSSR count). The van der Waals surface area contributed by atoms with Crippen LogP contribution in [0.3, 0.4) is 0 Å². The number of thioether (sulfide) groups is 1. The van der Waals surface area contributed by atoms with Crippen molar-refractivity contribution >= 4 is 43.1 Å². The fourth-order valence-corrected chi connectivity index (χ4v) is 4.42. The van der Waals surface area contributed by atoms with Gasteiger partial charge in [-0.25, -0.2) is 14.6 Å². The number of carbonyl (C=O) groups excluding carboxylic acids is 1. The molecule has 0 spiro atoms. The van der Waals surface area contributed by atoms with Gasteiger partial charge in [-0.1, -0.05) is 31.4 Å². The van der Waals surface area contributed by atoms with E-state index in [0.717, 1.165) is 16.7 Å². The first-order valence-corrected chi connectivity index (χ1v) is 15.6. The van der Waals surface area contributed by atoms with E-state index >= 15 is 0 Å². The van der Waals surface area contributed by atoms with Crippen molar-refractivity contribution in [1.82, 2.24) is 14.9 Å². The number of imidazole rings is 1. The first-order valence-electron chi connectivity index (χ1n) is 10.9. The van der Waals surface area contributed by atoms with E-state index in [2.05, 4.69) is 25.0 Å². The summed E-state index contributed by atoms with van der Waals surface area (Å²) >= 11 is 1.53. The van der Waals surface area contributed by atoms with Crippen LogP contribution in [0.15, 0.2) is 23.4 Å². The summed E-state index contributed by atoms with van der Waals surface area (Å²) in [4.78, 5) is 27.3. The summed E-state index contributed by atoms with van der Waals surface area (Å²) in [7, 11) is -1.20. The molecule has 1 amide bonds. The molecule has 0 fully saturated rings. The number of nitrogens with one attached hydrogen (secondary N) is 1. The number of aromatic nitrogens is 2. The van der Waals surface area contributed by atoms with Gasteiger partial charge < -0.3 is 24.6 Å². The van der Waals surface area contributed by atoms with Gasteiger partial charge >= 0.3 is 12.2 Å². The molecule has 0 aliphatic carbocycles. The van der Waals surface area contributed by atoms with Gasteiger partial charge in [-0.05, 0) is 45.4 Å². The summed E-state index contributed by atoms with van der Waals surface area (Å²) in [6, 6.07) is 6.32. The zero-order valence-corrected chi connectivity index (χ0v) is 22.1. The standard InChI is InChI=1S/C22H35N3O6SSi/c1-22(2,3)31-21(28)30-16-8-9-18-17(14-16)24-19(32-12-7-10-23-20(26)27)25(18)15-29-11-13-33(4,5)6/h8-9,14,23H,7,10-13,15H2,1-6H3,(H,26,27). The van der Waals surface area contributed by atoms with E-state index in [4.69, 9.17) is 24.3 Å². The van der Waals surface area contributed by atoms with Crippen LogP contribution in [0, 0.1) is 0 Å². The van der Waals surface area contributed by atoms with Gasteiger partial charge in [-0.15, -0.1) is 0 Å². The normalized spacial score (nSPS) is 12.1. The van der Waals surface area contributed by atoms with Crippen LogP contribution in [-0.2, 0) is 16.2 Å². The van der Waals surface area contributed by atoms with Gasteiger partial charge in [0.05, 0.1) is 11.0 Å². The Kier molecular flexibility index (Phi) is 9.62. The minimum atomic E-state index is -1.20. The largest absolute Gasteiger partial charge is 0.514 e. The van der Waals surface area contributed by atoms with Crippen LogP contribution in [0.25, 0.3) is 11.0 Å². The average molecular weight is 498 g/mol. The third-order valence-electron chi connectivity index (χ3n) is 4.32. The number of benzene rings is 1. The summed E-state index contributed by atoms with van der Waals surface area (Å²) in [6.45, 7) is 13.7. The maximum atomic E-state index is 12.0. The van der Waals surface area contributed by atoms with Crippen molar-refractivity contribution in [3.05, 3.63) is 18.2 Å². The summed E-state index contributed by atoms with van der Waals surface area (Å²) < 4.78 is 18.5. The Morgan fingerprint density at radius 2 is 1.97 bits per heavy atom. The van der Waals surface area contributed by atoms with Crippen LogP contribution in [0.4, 0.5) is 9.59 Å². The topological polar surface area (TPSA) is 112 Å². The molecular formula is C22H35N3O6SSi. The van der Waals surface area contributed by atoms with Crippen LogP contribution in [-0.4, -0.2) is 59.5 Å². The molecule has 0 unspecified atom stereocenters. The van der Waals surface area contributed by atoms with E-state index in [0.29, 0.717) is 43.3 Å². The molecule has 0 bridgehead atoms. The fourth-order valence-electron chi connectivity index (χ4n) is 2.72. The first kappa shape index (κ1) is 27.0. The van der Waals surface area contributed by atoms with E-state index in [9.17, 15) is 9.59 Å². The maximum absolute atomic E-state index is 12.0. The third-order valence-corrected chi connectivity index (χ3v) is 7.09. The Bertz CT molecular complexity index is 952. The fraction of sp³-hybridized carbons (Fsp3) is 0.591. The van der Waals surface area contributed by atoms with Crippen molar-refractivity contribution in [3.8, 4) is 5.75 Å². The SMILES string of the molecule is CC(C)(C)OC(=O)Oc1ccc2c(c1)nc(SCCCNC(=O)O)n2COCC[Si](C)(C)C. The molecule has 0 aliphatic heterocycles. The molecule has 0 aliphatic rings. The molecule has 1 aromatic heterocycles. The van der Waals surface area contributed by atoms with Gasteiger partial charge in [0, 0.05) is 33.0 Å². The van der Waals surface area contributed by atoms with Crippen LogP contribution in [0.1, 0.15) is 27.2 Å².